The number of carbonyl (C=O) groups is 1. The Hall–Kier alpha value is -1.38. The normalized spacial score (nSPS) is 25.7. The molecule has 1 fully saturated rings. The molecule has 1 aliphatic rings. The number of hydrogen-bond acceptors (Lipinski definition) is 2. The van der Waals surface area contributed by atoms with E-state index in [-0.39, 0.29) is 17.9 Å². The smallest absolute Gasteiger partial charge is 0.223 e. The first kappa shape index (κ1) is 10.1. The number of nitrogens with zero attached hydrogens (tertiary/aromatic N) is 1. The van der Waals surface area contributed by atoms with Gasteiger partial charge in [-0.1, -0.05) is 6.92 Å². The molecule has 1 aromatic rings. The molecule has 1 amide bonds. The topological polar surface area (TPSA) is 42.0 Å². The quantitative estimate of drug-likeness (QED) is 0.817. The number of rotatable bonds is 3. The lowest BCUT2D eigenvalue weighted by molar-refractivity contribution is -0.123. The third-order valence-electron chi connectivity index (χ3n) is 3.01. The van der Waals surface area contributed by atoms with Gasteiger partial charge in [0.05, 0.1) is 6.04 Å². The van der Waals surface area contributed by atoms with Gasteiger partial charge in [0.1, 0.15) is 0 Å². The number of pyridine rings is 1. The Labute approximate surface area is 89.9 Å². The van der Waals surface area contributed by atoms with E-state index < -0.39 is 0 Å². The van der Waals surface area contributed by atoms with Crippen LogP contribution in [0.4, 0.5) is 0 Å². The van der Waals surface area contributed by atoms with Crippen LogP contribution >= 0.6 is 0 Å². The van der Waals surface area contributed by atoms with E-state index in [0.717, 1.165) is 12.0 Å². The molecule has 3 heteroatoms. The molecule has 0 spiro atoms. The summed E-state index contributed by atoms with van der Waals surface area (Å²) >= 11 is 0. The Morgan fingerprint density at radius 2 is 2.13 bits per heavy atom. The fourth-order valence-electron chi connectivity index (χ4n) is 1.74. The SMILES string of the molecule is CC(NC(=O)C1CC1C)c1ccncc1. The Balaban J connectivity index is 1.92. The maximum atomic E-state index is 11.7. The largest absolute Gasteiger partial charge is 0.349 e. The molecule has 0 radical (unpaired) electrons. The van der Waals surface area contributed by atoms with Gasteiger partial charge in [-0.15, -0.1) is 0 Å². The summed E-state index contributed by atoms with van der Waals surface area (Å²) in [5.41, 5.74) is 1.10. The van der Waals surface area contributed by atoms with Gasteiger partial charge in [-0.3, -0.25) is 9.78 Å². The van der Waals surface area contributed by atoms with Crippen molar-refractivity contribution >= 4 is 5.91 Å². The highest BCUT2D eigenvalue weighted by molar-refractivity contribution is 5.81. The summed E-state index contributed by atoms with van der Waals surface area (Å²) in [7, 11) is 0. The molecule has 3 atom stereocenters. The maximum absolute atomic E-state index is 11.7. The number of nitrogens with one attached hydrogen (secondary N) is 1. The molecule has 2 rings (SSSR count). The van der Waals surface area contributed by atoms with Crippen molar-refractivity contribution in [2.24, 2.45) is 11.8 Å². The van der Waals surface area contributed by atoms with E-state index in [1.807, 2.05) is 19.1 Å². The lowest BCUT2D eigenvalue weighted by Gasteiger charge is -2.13. The van der Waals surface area contributed by atoms with Crippen molar-refractivity contribution in [3.63, 3.8) is 0 Å². The van der Waals surface area contributed by atoms with Crippen LogP contribution < -0.4 is 5.32 Å². The van der Waals surface area contributed by atoms with Crippen molar-refractivity contribution in [1.29, 1.82) is 0 Å². The van der Waals surface area contributed by atoms with E-state index in [1.54, 1.807) is 12.4 Å². The molecule has 1 heterocycles. The zero-order valence-corrected chi connectivity index (χ0v) is 9.10. The van der Waals surface area contributed by atoms with Crippen LogP contribution in [-0.2, 0) is 4.79 Å². The van der Waals surface area contributed by atoms with Gasteiger partial charge in [0.2, 0.25) is 5.91 Å². The molecule has 0 aromatic carbocycles. The third-order valence-corrected chi connectivity index (χ3v) is 3.01. The monoisotopic (exact) mass is 204 g/mol. The Morgan fingerprint density at radius 3 is 2.67 bits per heavy atom. The van der Waals surface area contributed by atoms with Gasteiger partial charge < -0.3 is 5.32 Å². The second-order valence-corrected chi connectivity index (χ2v) is 4.33. The predicted octanol–water partition coefficient (Wildman–Crippen LogP) is 1.91. The maximum Gasteiger partial charge on any atom is 0.223 e. The minimum atomic E-state index is 0.0771. The Bertz CT molecular complexity index is 350. The van der Waals surface area contributed by atoms with E-state index in [1.165, 1.54) is 0 Å². The minimum absolute atomic E-state index is 0.0771. The average molecular weight is 204 g/mol. The summed E-state index contributed by atoms with van der Waals surface area (Å²) in [5.74, 6) is 0.996. The molecule has 80 valence electrons. The van der Waals surface area contributed by atoms with Crippen LogP contribution in [0.25, 0.3) is 0 Å². The second kappa shape index (κ2) is 4.01. The van der Waals surface area contributed by atoms with Crippen LogP contribution in [0, 0.1) is 11.8 Å². The van der Waals surface area contributed by atoms with Crippen molar-refractivity contribution in [3.05, 3.63) is 30.1 Å². The second-order valence-electron chi connectivity index (χ2n) is 4.33. The first-order chi connectivity index (χ1) is 7.18. The van der Waals surface area contributed by atoms with E-state index in [0.29, 0.717) is 5.92 Å². The summed E-state index contributed by atoms with van der Waals surface area (Å²) in [6.07, 6.45) is 4.53. The lowest BCUT2D eigenvalue weighted by atomic mass is 10.1. The number of hydrogen-bond donors (Lipinski definition) is 1. The molecule has 15 heavy (non-hydrogen) atoms. The Morgan fingerprint density at radius 1 is 1.53 bits per heavy atom. The zero-order valence-electron chi connectivity index (χ0n) is 9.10. The van der Waals surface area contributed by atoms with Gasteiger partial charge in [0.25, 0.3) is 0 Å². The Kier molecular flexibility index (Phi) is 2.71. The third kappa shape index (κ3) is 2.35. The molecule has 1 N–H and O–H groups in total. The van der Waals surface area contributed by atoms with Crippen LogP contribution in [0.1, 0.15) is 31.9 Å². The fraction of sp³-hybridized carbons (Fsp3) is 0.500. The van der Waals surface area contributed by atoms with Crippen molar-refractivity contribution < 1.29 is 4.79 Å². The van der Waals surface area contributed by atoms with E-state index in [9.17, 15) is 4.79 Å². The molecule has 0 bridgehead atoms. The van der Waals surface area contributed by atoms with Gasteiger partial charge in [-0.2, -0.15) is 0 Å². The lowest BCUT2D eigenvalue weighted by Crippen LogP contribution is -2.28. The van der Waals surface area contributed by atoms with Gasteiger partial charge in [0, 0.05) is 18.3 Å². The molecule has 1 aliphatic carbocycles. The first-order valence-electron chi connectivity index (χ1n) is 5.39. The number of aromatic nitrogens is 1. The molecule has 3 nitrogen and oxygen atoms in total. The number of amides is 1. The van der Waals surface area contributed by atoms with Gasteiger partial charge in [-0.05, 0) is 37.0 Å². The highest BCUT2D eigenvalue weighted by Gasteiger charge is 2.39. The summed E-state index contributed by atoms with van der Waals surface area (Å²) in [4.78, 5) is 15.6. The molecular weight excluding hydrogens is 188 g/mol. The predicted molar refractivity (Wildman–Crippen MR) is 58.1 cm³/mol. The van der Waals surface area contributed by atoms with Crippen molar-refractivity contribution in [1.82, 2.24) is 10.3 Å². The highest BCUT2D eigenvalue weighted by Crippen LogP contribution is 2.38. The van der Waals surface area contributed by atoms with Crippen molar-refractivity contribution in [3.8, 4) is 0 Å². The average Bonchev–Trinajstić information content (AvgIpc) is 2.97. The summed E-state index contributed by atoms with van der Waals surface area (Å²) in [5, 5.41) is 3.02. The van der Waals surface area contributed by atoms with E-state index in [4.69, 9.17) is 0 Å². The molecular formula is C12H16N2O. The van der Waals surface area contributed by atoms with Crippen LogP contribution in [0.3, 0.4) is 0 Å². The molecule has 0 aliphatic heterocycles. The fourth-order valence-corrected chi connectivity index (χ4v) is 1.74. The van der Waals surface area contributed by atoms with E-state index in [2.05, 4.69) is 17.2 Å². The highest BCUT2D eigenvalue weighted by atomic mass is 16.2. The molecule has 0 saturated heterocycles. The minimum Gasteiger partial charge on any atom is -0.349 e. The summed E-state index contributed by atoms with van der Waals surface area (Å²) in [6.45, 7) is 4.11. The van der Waals surface area contributed by atoms with Crippen LogP contribution in [-0.4, -0.2) is 10.9 Å². The first-order valence-corrected chi connectivity index (χ1v) is 5.39. The van der Waals surface area contributed by atoms with Crippen LogP contribution in [0.5, 0.6) is 0 Å². The molecule has 1 saturated carbocycles. The van der Waals surface area contributed by atoms with Crippen molar-refractivity contribution in [2.45, 2.75) is 26.3 Å². The van der Waals surface area contributed by atoms with Gasteiger partial charge >= 0.3 is 0 Å². The standard InChI is InChI=1S/C12H16N2O/c1-8-7-11(8)12(15)14-9(2)10-3-5-13-6-4-10/h3-6,8-9,11H,7H2,1-2H3,(H,14,15). The van der Waals surface area contributed by atoms with Crippen molar-refractivity contribution in [2.75, 3.05) is 0 Å². The van der Waals surface area contributed by atoms with Gasteiger partial charge in [0.15, 0.2) is 0 Å². The number of carbonyl (C=O) groups excluding carboxylic acids is 1. The summed E-state index contributed by atoms with van der Waals surface area (Å²) in [6, 6.07) is 3.94. The van der Waals surface area contributed by atoms with Gasteiger partial charge in [-0.25, -0.2) is 0 Å². The molecule has 1 aromatic heterocycles. The van der Waals surface area contributed by atoms with E-state index >= 15 is 0 Å². The van der Waals surface area contributed by atoms with Crippen LogP contribution in [0.15, 0.2) is 24.5 Å². The summed E-state index contributed by atoms with van der Waals surface area (Å²) < 4.78 is 0. The van der Waals surface area contributed by atoms with Crippen LogP contribution in [0.2, 0.25) is 0 Å². The molecule has 3 unspecified atom stereocenters. The zero-order chi connectivity index (χ0) is 10.8.